The second-order valence-corrected chi connectivity index (χ2v) is 7.00. The lowest BCUT2D eigenvalue weighted by Crippen LogP contribution is -2.38. The van der Waals surface area contributed by atoms with Crippen molar-refractivity contribution in [2.24, 2.45) is 0 Å². The van der Waals surface area contributed by atoms with Gasteiger partial charge in [-0.15, -0.1) is 0 Å². The van der Waals surface area contributed by atoms with E-state index in [0.29, 0.717) is 30.1 Å². The Morgan fingerprint density at radius 2 is 1.96 bits per heavy atom. The number of likely N-dealkylation sites (tertiary alicyclic amines) is 1. The molecule has 1 amide bonds. The first kappa shape index (κ1) is 17.9. The molecule has 1 aliphatic heterocycles. The molecule has 6 nitrogen and oxygen atoms in total. The van der Waals surface area contributed by atoms with Crippen LogP contribution in [0.15, 0.2) is 61.2 Å². The van der Waals surface area contributed by atoms with E-state index in [9.17, 15) is 10.1 Å². The van der Waals surface area contributed by atoms with Crippen LogP contribution in [0.25, 0.3) is 0 Å². The summed E-state index contributed by atoms with van der Waals surface area (Å²) in [5, 5.41) is 9.25. The van der Waals surface area contributed by atoms with E-state index in [1.165, 1.54) is 0 Å². The van der Waals surface area contributed by atoms with E-state index in [0.717, 1.165) is 30.8 Å². The zero-order valence-corrected chi connectivity index (χ0v) is 15.5. The maximum Gasteiger partial charge on any atom is 0.255 e. The van der Waals surface area contributed by atoms with Gasteiger partial charge in [-0.2, -0.15) is 5.26 Å². The molecule has 0 N–H and O–H groups in total. The predicted octanol–water partition coefficient (Wildman–Crippen LogP) is 3.22. The molecule has 28 heavy (non-hydrogen) atoms. The van der Waals surface area contributed by atoms with Crippen molar-refractivity contribution in [3.8, 4) is 6.07 Å². The van der Waals surface area contributed by atoms with Gasteiger partial charge >= 0.3 is 0 Å². The average molecular weight is 371 g/mol. The Balaban J connectivity index is 1.43. The van der Waals surface area contributed by atoms with Crippen LogP contribution in [-0.2, 0) is 6.54 Å². The van der Waals surface area contributed by atoms with E-state index in [1.807, 2.05) is 29.6 Å². The zero-order valence-electron chi connectivity index (χ0n) is 15.5. The zero-order chi connectivity index (χ0) is 19.3. The standard InChI is InChI=1S/C22H21N5O/c23-14-19-5-1-2-6-20(19)22(28)26-11-7-18(8-12-26)21-25-10-13-27(21)16-17-4-3-9-24-15-17/h1-6,9-10,13,15,18H,7-8,11-12,16H2. The van der Waals surface area contributed by atoms with Crippen molar-refractivity contribution in [2.45, 2.75) is 25.3 Å². The van der Waals surface area contributed by atoms with Crippen LogP contribution in [0.2, 0.25) is 0 Å². The van der Waals surface area contributed by atoms with Gasteiger partial charge in [-0.3, -0.25) is 9.78 Å². The Morgan fingerprint density at radius 3 is 2.71 bits per heavy atom. The first-order chi connectivity index (χ1) is 13.8. The normalized spacial score (nSPS) is 14.6. The van der Waals surface area contributed by atoms with Crippen LogP contribution < -0.4 is 0 Å². The Morgan fingerprint density at radius 1 is 1.14 bits per heavy atom. The third kappa shape index (κ3) is 3.65. The minimum Gasteiger partial charge on any atom is -0.339 e. The molecule has 140 valence electrons. The highest BCUT2D eigenvalue weighted by atomic mass is 16.2. The highest BCUT2D eigenvalue weighted by Gasteiger charge is 2.27. The number of nitriles is 1. The van der Waals surface area contributed by atoms with Crippen molar-refractivity contribution in [2.75, 3.05) is 13.1 Å². The maximum atomic E-state index is 12.8. The van der Waals surface area contributed by atoms with E-state index in [-0.39, 0.29) is 5.91 Å². The van der Waals surface area contributed by atoms with Crippen molar-refractivity contribution >= 4 is 5.91 Å². The number of piperidine rings is 1. The summed E-state index contributed by atoms with van der Waals surface area (Å²) >= 11 is 0. The average Bonchev–Trinajstić information content (AvgIpc) is 3.22. The van der Waals surface area contributed by atoms with Crippen LogP contribution in [0.1, 0.15) is 46.1 Å². The molecule has 1 aromatic carbocycles. The Kier molecular flexibility index (Phi) is 5.16. The van der Waals surface area contributed by atoms with Gasteiger partial charge in [0.15, 0.2) is 0 Å². The van der Waals surface area contributed by atoms with Gasteiger partial charge in [0.05, 0.1) is 23.7 Å². The highest BCUT2D eigenvalue weighted by molar-refractivity contribution is 5.96. The number of nitrogens with zero attached hydrogens (tertiary/aromatic N) is 5. The van der Waals surface area contributed by atoms with Gasteiger partial charge in [0.1, 0.15) is 5.82 Å². The summed E-state index contributed by atoms with van der Waals surface area (Å²) in [7, 11) is 0. The fourth-order valence-electron chi connectivity index (χ4n) is 3.78. The molecule has 1 saturated heterocycles. The molecule has 3 aromatic rings. The number of imidazole rings is 1. The van der Waals surface area contributed by atoms with Gasteiger partial charge in [-0.25, -0.2) is 4.98 Å². The first-order valence-electron chi connectivity index (χ1n) is 9.44. The fraction of sp³-hybridized carbons (Fsp3) is 0.273. The molecule has 1 aliphatic rings. The van der Waals surface area contributed by atoms with E-state index < -0.39 is 0 Å². The summed E-state index contributed by atoms with van der Waals surface area (Å²) in [4.78, 5) is 23.4. The number of benzene rings is 1. The summed E-state index contributed by atoms with van der Waals surface area (Å²) in [6.07, 6.45) is 9.22. The molecule has 0 saturated carbocycles. The molecule has 0 atom stereocenters. The Bertz CT molecular complexity index is 997. The third-order valence-electron chi connectivity index (χ3n) is 5.25. The first-order valence-corrected chi connectivity index (χ1v) is 9.44. The summed E-state index contributed by atoms with van der Waals surface area (Å²) in [5.41, 5.74) is 2.06. The third-order valence-corrected chi connectivity index (χ3v) is 5.25. The molecule has 2 aromatic heterocycles. The number of carbonyl (C=O) groups is 1. The summed E-state index contributed by atoms with van der Waals surface area (Å²) in [6.45, 7) is 2.09. The smallest absolute Gasteiger partial charge is 0.255 e. The number of aromatic nitrogens is 3. The van der Waals surface area contributed by atoms with Crippen LogP contribution >= 0.6 is 0 Å². The van der Waals surface area contributed by atoms with Crippen LogP contribution in [0.4, 0.5) is 0 Å². The van der Waals surface area contributed by atoms with E-state index in [4.69, 9.17) is 0 Å². The van der Waals surface area contributed by atoms with Gasteiger partial charge in [-0.05, 0) is 36.6 Å². The monoisotopic (exact) mass is 371 g/mol. The van der Waals surface area contributed by atoms with Gasteiger partial charge in [0, 0.05) is 43.8 Å². The summed E-state index contributed by atoms with van der Waals surface area (Å²) < 4.78 is 2.17. The quantitative estimate of drug-likeness (QED) is 0.706. The number of amides is 1. The molecule has 0 aliphatic carbocycles. The molecule has 0 unspecified atom stereocenters. The van der Waals surface area contributed by atoms with Crippen molar-refractivity contribution in [1.82, 2.24) is 19.4 Å². The van der Waals surface area contributed by atoms with Crippen molar-refractivity contribution in [1.29, 1.82) is 5.26 Å². The molecule has 0 spiro atoms. The fourth-order valence-corrected chi connectivity index (χ4v) is 3.78. The van der Waals surface area contributed by atoms with E-state index in [1.54, 1.807) is 30.5 Å². The summed E-state index contributed by atoms with van der Waals surface area (Å²) in [5.74, 6) is 1.32. The van der Waals surface area contributed by atoms with E-state index in [2.05, 4.69) is 26.7 Å². The minimum atomic E-state index is -0.0608. The molecular weight excluding hydrogens is 350 g/mol. The lowest BCUT2D eigenvalue weighted by Gasteiger charge is -2.32. The molecular formula is C22H21N5O. The second kappa shape index (κ2) is 8.05. The molecule has 0 radical (unpaired) electrons. The highest BCUT2D eigenvalue weighted by Crippen LogP contribution is 2.28. The second-order valence-electron chi connectivity index (χ2n) is 7.00. The number of carbonyl (C=O) groups excluding carboxylic acids is 1. The van der Waals surface area contributed by atoms with Crippen LogP contribution in [0, 0.1) is 11.3 Å². The van der Waals surface area contributed by atoms with Gasteiger partial charge in [0.2, 0.25) is 0 Å². The van der Waals surface area contributed by atoms with Crippen molar-refractivity contribution < 1.29 is 4.79 Å². The van der Waals surface area contributed by atoms with Gasteiger partial charge in [-0.1, -0.05) is 18.2 Å². The van der Waals surface area contributed by atoms with Gasteiger partial charge in [0.25, 0.3) is 5.91 Å². The summed E-state index contributed by atoms with van der Waals surface area (Å²) in [6, 6.07) is 13.1. The number of pyridine rings is 1. The van der Waals surface area contributed by atoms with E-state index >= 15 is 0 Å². The molecule has 6 heteroatoms. The van der Waals surface area contributed by atoms with Crippen molar-refractivity contribution in [3.05, 3.63) is 83.7 Å². The lowest BCUT2D eigenvalue weighted by atomic mass is 9.95. The molecule has 1 fully saturated rings. The largest absolute Gasteiger partial charge is 0.339 e. The van der Waals surface area contributed by atoms with Crippen LogP contribution in [0.5, 0.6) is 0 Å². The molecule has 3 heterocycles. The predicted molar refractivity (Wildman–Crippen MR) is 105 cm³/mol. The SMILES string of the molecule is N#Cc1ccccc1C(=O)N1CCC(c2nccn2Cc2cccnc2)CC1. The van der Waals surface area contributed by atoms with Crippen LogP contribution in [0.3, 0.4) is 0 Å². The topological polar surface area (TPSA) is 74.8 Å². The Labute approximate surface area is 164 Å². The molecule has 4 rings (SSSR count). The minimum absolute atomic E-state index is 0.0608. The van der Waals surface area contributed by atoms with Gasteiger partial charge < -0.3 is 9.47 Å². The lowest BCUT2D eigenvalue weighted by molar-refractivity contribution is 0.0710. The van der Waals surface area contributed by atoms with Crippen LogP contribution in [-0.4, -0.2) is 38.4 Å². The maximum absolute atomic E-state index is 12.8. The number of rotatable bonds is 4. The molecule has 0 bridgehead atoms. The van der Waals surface area contributed by atoms with Crippen molar-refractivity contribution in [3.63, 3.8) is 0 Å². The number of hydrogen-bond donors (Lipinski definition) is 0. The Hall–Kier alpha value is -3.46. The number of hydrogen-bond acceptors (Lipinski definition) is 4.